The van der Waals surface area contributed by atoms with Crippen LogP contribution in [0.2, 0.25) is 0 Å². The molecule has 0 aliphatic heterocycles. The van der Waals surface area contributed by atoms with Crippen LogP contribution in [0.1, 0.15) is 31.7 Å². The second-order valence-electron chi connectivity index (χ2n) is 4.57. The van der Waals surface area contributed by atoms with Gasteiger partial charge in [0.2, 0.25) is 0 Å². The smallest absolute Gasteiger partial charge is 0.0834 e. The lowest BCUT2D eigenvalue weighted by Crippen LogP contribution is -2.57. The van der Waals surface area contributed by atoms with E-state index < -0.39 is 0 Å². The molecule has 1 N–H and O–H groups in total. The first-order valence-corrected chi connectivity index (χ1v) is 7.04. The first-order valence-electron chi connectivity index (χ1n) is 6.10. The highest BCUT2D eigenvalue weighted by molar-refractivity contribution is 7.07. The number of methoxy groups -OCH3 is 1. The van der Waals surface area contributed by atoms with Crippen LogP contribution in [-0.4, -0.2) is 25.3 Å². The predicted molar refractivity (Wildman–Crippen MR) is 69.1 cm³/mol. The minimum Gasteiger partial charge on any atom is -0.377 e. The number of likely N-dealkylation sites (N-methyl/N-ethyl adjacent to an activating group) is 1. The summed E-state index contributed by atoms with van der Waals surface area (Å²) in [5, 5.41) is 7.99. The molecule has 0 aromatic carbocycles. The van der Waals surface area contributed by atoms with Gasteiger partial charge in [-0.15, -0.1) is 0 Å². The molecular formula is C13H21NOS. The van der Waals surface area contributed by atoms with Crippen LogP contribution in [0.25, 0.3) is 0 Å². The van der Waals surface area contributed by atoms with Gasteiger partial charge in [0.1, 0.15) is 0 Å². The maximum atomic E-state index is 5.78. The van der Waals surface area contributed by atoms with Crippen molar-refractivity contribution in [2.75, 3.05) is 13.7 Å². The van der Waals surface area contributed by atoms with Crippen LogP contribution in [0.15, 0.2) is 16.8 Å². The molecule has 1 heterocycles. The lowest BCUT2D eigenvalue weighted by atomic mass is 9.72. The van der Waals surface area contributed by atoms with Crippen LogP contribution in [0.4, 0.5) is 0 Å². The molecule has 3 heteroatoms. The molecule has 16 heavy (non-hydrogen) atoms. The zero-order valence-corrected chi connectivity index (χ0v) is 11.0. The summed E-state index contributed by atoms with van der Waals surface area (Å²) in [5.74, 6) is 0. The first kappa shape index (κ1) is 12.1. The number of nitrogens with one attached hydrogen (secondary N) is 1. The zero-order chi connectivity index (χ0) is 11.4. The summed E-state index contributed by atoms with van der Waals surface area (Å²) >= 11 is 1.77. The van der Waals surface area contributed by atoms with Crippen LogP contribution < -0.4 is 5.32 Å². The van der Waals surface area contributed by atoms with Crippen LogP contribution in [0, 0.1) is 0 Å². The van der Waals surface area contributed by atoms with E-state index in [2.05, 4.69) is 29.1 Å². The Morgan fingerprint density at radius 2 is 2.38 bits per heavy atom. The van der Waals surface area contributed by atoms with Crippen molar-refractivity contribution in [2.45, 2.75) is 44.2 Å². The summed E-state index contributed by atoms with van der Waals surface area (Å²) in [5.41, 5.74) is 1.53. The highest BCUT2D eigenvalue weighted by Gasteiger charge is 2.43. The molecule has 2 rings (SSSR count). The van der Waals surface area contributed by atoms with Crippen molar-refractivity contribution in [3.63, 3.8) is 0 Å². The number of hydrogen-bond acceptors (Lipinski definition) is 3. The van der Waals surface area contributed by atoms with Crippen molar-refractivity contribution in [3.8, 4) is 0 Å². The Bertz CT molecular complexity index is 300. The second kappa shape index (κ2) is 5.30. The maximum Gasteiger partial charge on any atom is 0.0834 e. The fourth-order valence-corrected chi connectivity index (χ4v) is 3.24. The van der Waals surface area contributed by atoms with Crippen LogP contribution in [0.5, 0.6) is 0 Å². The molecule has 1 saturated carbocycles. The van der Waals surface area contributed by atoms with Gasteiger partial charge in [-0.1, -0.05) is 6.92 Å². The van der Waals surface area contributed by atoms with Gasteiger partial charge in [-0.3, -0.25) is 0 Å². The van der Waals surface area contributed by atoms with Crippen molar-refractivity contribution in [3.05, 3.63) is 22.4 Å². The Kier molecular flexibility index (Phi) is 4.00. The van der Waals surface area contributed by atoms with Crippen LogP contribution >= 0.6 is 11.3 Å². The summed E-state index contributed by atoms with van der Waals surface area (Å²) in [6.45, 7) is 3.18. The van der Waals surface area contributed by atoms with Crippen molar-refractivity contribution in [1.29, 1.82) is 0 Å². The highest BCUT2D eigenvalue weighted by Crippen LogP contribution is 2.39. The monoisotopic (exact) mass is 239 g/mol. The quantitative estimate of drug-likeness (QED) is 0.824. The van der Waals surface area contributed by atoms with Gasteiger partial charge in [0.05, 0.1) is 5.60 Å². The lowest BCUT2D eigenvalue weighted by molar-refractivity contribution is -0.0978. The van der Waals surface area contributed by atoms with Crippen molar-refractivity contribution in [2.24, 2.45) is 0 Å². The van der Waals surface area contributed by atoms with Gasteiger partial charge in [0.25, 0.3) is 0 Å². The van der Waals surface area contributed by atoms with Gasteiger partial charge in [-0.25, -0.2) is 0 Å². The number of ether oxygens (including phenoxy) is 1. The number of thiophene rings is 1. The molecule has 1 fully saturated rings. The van der Waals surface area contributed by atoms with E-state index in [1.165, 1.54) is 24.8 Å². The summed E-state index contributed by atoms with van der Waals surface area (Å²) in [6.07, 6.45) is 4.79. The summed E-state index contributed by atoms with van der Waals surface area (Å²) in [6, 6.07) is 2.68. The second-order valence-corrected chi connectivity index (χ2v) is 5.35. The Morgan fingerprint density at radius 1 is 1.56 bits per heavy atom. The third kappa shape index (κ3) is 2.31. The van der Waals surface area contributed by atoms with Crippen molar-refractivity contribution >= 4 is 11.3 Å². The molecular weight excluding hydrogens is 218 g/mol. The molecule has 90 valence electrons. The third-order valence-electron chi connectivity index (χ3n) is 3.71. The van der Waals surface area contributed by atoms with Gasteiger partial charge < -0.3 is 10.1 Å². The van der Waals surface area contributed by atoms with Crippen molar-refractivity contribution < 1.29 is 4.74 Å². The molecule has 0 saturated heterocycles. The van der Waals surface area contributed by atoms with E-state index in [-0.39, 0.29) is 5.60 Å². The average molecular weight is 239 g/mol. The minimum absolute atomic E-state index is 0.0952. The molecule has 0 bridgehead atoms. The van der Waals surface area contributed by atoms with Crippen LogP contribution in [0.3, 0.4) is 0 Å². The standard InChI is InChI=1S/C13H21NOS/c1-3-14-12(9-11-5-8-16-10-11)13(15-2)6-4-7-13/h5,8,10,12,14H,3-4,6-7,9H2,1-2H3. The Labute approximate surface area is 102 Å². The molecule has 1 aliphatic carbocycles. The number of rotatable bonds is 6. The van der Waals surface area contributed by atoms with E-state index >= 15 is 0 Å². The first-order chi connectivity index (χ1) is 7.80. The summed E-state index contributed by atoms with van der Waals surface area (Å²) in [7, 11) is 1.86. The fraction of sp³-hybridized carbons (Fsp3) is 0.692. The van der Waals surface area contributed by atoms with Gasteiger partial charge in [0.15, 0.2) is 0 Å². The summed E-state index contributed by atoms with van der Waals surface area (Å²) < 4.78 is 5.78. The van der Waals surface area contributed by atoms with Crippen molar-refractivity contribution in [1.82, 2.24) is 5.32 Å². The molecule has 1 aromatic rings. The largest absolute Gasteiger partial charge is 0.377 e. The molecule has 1 aliphatic rings. The maximum absolute atomic E-state index is 5.78. The van der Waals surface area contributed by atoms with Gasteiger partial charge in [-0.05, 0) is 54.6 Å². The predicted octanol–water partition coefficient (Wildman–Crippen LogP) is 2.84. The lowest BCUT2D eigenvalue weighted by Gasteiger charge is -2.47. The van der Waals surface area contributed by atoms with Gasteiger partial charge in [-0.2, -0.15) is 11.3 Å². The minimum atomic E-state index is 0.0952. The van der Waals surface area contributed by atoms with E-state index in [1.807, 2.05) is 7.11 Å². The molecule has 0 spiro atoms. The molecule has 0 amide bonds. The Hall–Kier alpha value is -0.380. The molecule has 1 aromatic heterocycles. The molecule has 0 radical (unpaired) electrons. The van der Waals surface area contributed by atoms with Crippen LogP contribution in [-0.2, 0) is 11.2 Å². The molecule has 2 nitrogen and oxygen atoms in total. The topological polar surface area (TPSA) is 21.3 Å². The van der Waals surface area contributed by atoms with E-state index in [0.29, 0.717) is 6.04 Å². The Balaban J connectivity index is 2.04. The fourth-order valence-electron chi connectivity index (χ4n) is 2.56. The van der Waals surface area contributed by atoms with Gasteiger partial charge in [0, 0.05) is 13.2 Å². The normalized spacial score (nSPS) is 20.4. The highest BCUT2D eigenvalue weighted by atomic mass is 32.1. The van der Waals surface area contributed by atoms with E-state index in [1.54, 1.807) is 11.3 Å². The SMILES string of the molecule is CCNC(Cc1ccsc1)C1(OC)CCC1. The summed E-state index contributed by atoms with van der Waals surface area (Å²) in [4.78, 5) is 0. The van der Waals surface area contributed by atoms with E-state index in [4.69, 9.17) is 4.74 Å². The third-order valence-corrected chi connectivity index (χ3v) is 4.44. The zero-order valence-electron chi connectivity index (χ0n) is 10.2. The Morgan fingerprint density at radius 3 is 2.81 bits per heavy atom. The number of hydrogen-bond donors (Lipinski definition) is 1. The molecule has 1 unspecified atom stereocenters. The van der Waals surface area contributed by atoms with E-state index in [0.717, 1.165) is 13.0 Å². The molecule has 1 atom stereocenters. The van der Waals surface area contributed by atoms with E-state index in [9.17, 15) is 0 Å². The van der Waals surface area contributed by atoms with Gasteiger partial charge >= 0.3 is 0 Å². The average Bonchev–Trinajstić information content (AvgIpc) is 2.70.